The van der Waals surface area contributed by atoms with Crippen LogP contribution in [0.1, 0.15) is 24.8 Å². The van der Waals surface area contributed by atoms with Crippen molar-refractivity contribution in [3.63, 3.8) is 0 Å². The number of hydrogen-bond acceptors (Lipinski definition) is 4. The lowest BCUT2D eigenvalue weighted by Crippen LogP contribution is -2.37. The third kappa shape index (κ3) is 3.44. The van der Waals surface area contributed by atoms with Crippen LogP contribution in [0.2, 0.25) is 0 Å². The van der Waals surface area contributed by atoms with E-state index in [1.165, 1.54) is 5.56 Å². The van der Waals surface area contributed by atoms with Gasteiger partial charge in [-0.15, -0.1) is 0 Å². The summed E-state index contributed by atoms with van der Waals surface area (Å²) in [6.45, 7) is 4.53. The van der Waals surface area contributed by atoms with E-state index >= 15 is 0 Å². The Labute approximate surface area is 120 Å². The molecule has 1 aromatic carbocycles. The summed E-state index contributed by atoms with van der Waals surface area (Å²) >= 11 is 0. The summed E-state index contributed by atoms with van der Waals surface area (Å²) in [5, 5.41) is 9.51. The molecule has 3 rings (SSSR count). The van der Waals surface area contributed by atoms with Gasteiger partial charge in [-0.2, -0.15) is 0 Å². The number of aliphatic hydroxyl groups excluding tert-OH is 1. The van der Waals surface area contributed by atoms with Gasteiger partial charge in [0.2, 0.25) is 0 Å². The largest absolute Gasteiger partial charge is 0.490 e. The van der Waals surface area contributed by atoms with E-state index in [0.29, 0.717) is 0 Å². The Morgan fingerprint density at radius 3 is 2.65 bits per heavy atom. The molecule has 110 valence electrons. The Hall–Kier alpha value is -1.26. The number of benzene rings is 1. The second-order valence-electron chi connectivity index (χ2n) is 5.65. The zero-order valence-corrected chi connectivity index (χ0v) is 11.9. The maximum absolute atomic E-state index is 9.51. The highest BCUT2D eigenvalue weighted by molar-refractivity contribution is 5.43. The average Bonchev–Trinajstić information content (AvgIpc) is 2.71. The number of piperidine rings is 1. The highest BCUT2D eigenvalue weighted by Gasteiger charge is 2.17. The highest BCUT2D eigenvalue weighted by atomic mass is 16.5. The van der Waals surface area contributed by atoms with Gasteiger partial charge in [-0.05, 0) is 37.0 Å². The zero-order chi connectivity index (χ0) is 13.8. The fraction of sp³-hybridized carbons (Fsp3) is 0.625. The zero-order valence-electron chi connectivity index (χ0n) is 11.9. The number of fused-ring (bicyclic) bond motifs is 1. The Morgan fingerprint density at radius 2 is 1.85 bits per heavy atom. The number of ether oxygens (including phenoxy) is 2. The first-order chi connectivity index (χ1) is 9.81. The molecule has 2 heterocycles. The van der Waals surface area contributed by atoms with E-state index in [2.05, 4.69) is 17.0 Å². The summed E-state index contributed by atoms with van der Waals surface area (Å²) in [5.74, 6) is 1.75. The van der Waals surface area contributed by atoms with Crippen molar-refractivity contribution < 1.29 is 14.6 Å². The monoisotopic (exact) mass is 277 g/mol. The van der Waals surface area contributed by atoms with Gasteiger partial charge in [-0.25, -0.2) is 0 Å². The standard InChI is InChI=1S/C16H23NO3/c18-14-5-8-17(9-6-14)7-4-13-2-3-15-16(12-13)20-11-1-10-19-15/h2-3,12,14,18H,1,4-11H2. The van der Waals surface area contributed by atoms with Crippen LogP contribution in [0.25, 0.3) is 0 Å². The van der Waals surface area contributed by atoms with Crippen LogP contribution in [-0.4, -0.2) is 49.0 Å². The fourth-order valence-corrected chi connectivity index (χ4v) is 2.79. The van der Waals surface area contributed by atoms with Crippen molar-refractivity contribution in [1.29, 1.82) is 0 Å². The molecule has 0 radical (unpaired) electrons. The van der Waals surface area contributed by atoms with Gasteiger partial charge >= 0.3 is 0 Å². The molecule has 0 aliphatic carbocycles. The van der Waals surface area contributed by atoms with E-state index in [1.54, 1.807) is 0 Å². The summed E-state index contributed by atoms with van der Waals surface area (Å²) in [4.78, 5) is 2.43. The molecule has 4 heteroatoms. The maximum Gasteiger partial charge on any atom is 0.161 e. The summed E-state index contributed by atoms with van der Waals surface area (Å²) in [6, 6.07) is 6.27. The maximum atomic E-state index is 9.51. The van der Waals surface area contributed by atoms with Crippen LogP contribution < -0.4 is 9.47 Å². The Balaban J connectivity index is 1.56. The van der Waals surface area contributed by atoms with Crippen LogP contribution >= 0.6 is 0 Å². The molecule has 1 fully saturated rings. The van der Waals surface area contributed by atoms with E-state index in [4.69, 9.17) is 9.47 Å². The summed E-state index contributed by atoms with van der Waals surface area (Å²) < 4.78 is 11.4. The SMILES string of the molecule is OC1CCN(CCc2ccc3c(c2)OCCCO3)CC1. The van der Waals surface area contributed by atoms with Gasteiger partial charge in [0.05, 0.1) is 19.3 Å². The summed E-state index contributed by atoms with van der Waals surface area (Å²) in [7, 11) is 0. The molecule has 1 N–H and O–H groups in total. The van der Waals surface area contributed by atoms with Crippen molar-refractivity contribution in [3.8, 4) is 11.5 Å². The second kappa shape index (κ2) is 6.46. The van der Waals surface area contributed by atoms with Crippen LogP contribution in [0, 0.1) is 0 Å². The van der Waals surface area contributed by atoms with Gasteiger partial charge in [-0.1, -0.05) is 6.07 Å². The Kier molecular flexibility index (Phi) is 4.43. The highest BCUT2D eigenvalue weighted by Crippen LogP contribution is 2.30. The molecule has 1 aromatic rings. The topological polar surface area (TPSA) is 41.9 Å². The van der Waals surface area contributed by atoms with Crippen LogP contribution in [-0.2, 0) is 6.42 Å². The lowest BCUT2D eigenvalue weighted by atomic mass is 10.1. The van der Waals surface area contributed by atoms with E-state index < -0.39 is 0 Å². The quantitative estimate of drug-likeness (QED) is 0.915. The molecule has 0 saturated carbocycles. The first-order valence-electron chi connectivity index (χ1n) is 7.60. The molecule has 2 aliphatic heterocycles. The number of aliphatic hydroxyl groups is 1. The van der Waals surface area contributed by atoms with Crippen molar-refractivity contribution in [2.24, 2.45) is 0 Å². The molecular weight excluding hydrogens is 254 g/mol. The lowest BCUT2D eigenvalue weighted by Gasteiger charge is -2.29. The van der Waals surface area contributed by atoms with Crippen molar-refractivity contribution in [1.82, 2.24) is 4.90 Å². The first-order valence-corrected chi connectivity index (χ1v) is 7.60. The van der Waals surface area contributed by atoms with Gasteiger partial charge in [0.1, 0.15) is 0 Å². The minimum atomic E-state index is -0.0932. The normalized spacial score (nSPS) is 20.6. The Bertz CT molecular complexity index is 441. The van der Waals surface area contributed by atoms with Crippen molar-refractivity contribution >= 4 is 0 Å². The number of likely N-dealkylation sites (tertiary alicyclic amines) is 1. The second-order valence-corrected chi connectivity index (χ2v) is 5.65. The smallest absolute Gasteiger partial charge is 0.161 e. The van der Waals surface area contributed by atoms with Gasteiger partial charge in [0.15, 0.2) is 11.5 Å². The predicted octanol–water partition coefficient (Wildman–Crippen LogP) is 1.85. The third-order valence-electron chi connectivity index (χ3n) is 4.09. The average molecular weight is 277 g/mol. The van der Waals surface area contributed by atoms with Crippen LogP contribution in [0.15, 0.2) is 18.2 Å². The molecule has 0 spiro atoms. The molecule has 0 atom stereocenters. The fourth-order valence-electron chi connectivity index (χ4n) is 2.79. The summed E-state index contributed by atoms with van der Waals surface area (Å²) in [6.07, 6.45) is 3.68. The molecule has 0 aromatic heterocycles. The number of rotatable bonds is 3. The van der Waals surface area contributed by atoms with Gasteiger partial charge < -0.3 is 19.5 Å². The minimum Gasteiger partial charge on any atom is -0.490 e. The lowest BCUT2D eigenvalue weighted by molar-refractivity contribution is 0.0832. The molecule has 0 unspecified atom stereocenters. The minimum absolute atomic E-state index is 0.0932. The number of nitrogens with zero attached hydrogens (tertiary/aromatic N) is 1. The number of hydrogen-bond donors (Lipinski definition) is 1. The van der Waals surface area contributed by atoms with Crippen LogP contribution in [0.4, 0.5) is 0 Å². The third-order valence-corrected chi connectivity index (χ3v) is 4.09. The first kappa shape index (κ1) is 13.7. The molecular formula is C16H23NO3. The van der Waals surface area contributed by atoms with Crippen molar-refractivity contribution in [3.05, 3.63) is 23.8 Å². The van der Waals surface area contributed by atoms with Crippen molar-refractivity contribution in [2.45, 2.75) is 31.8 Å². The predicted molar refractivity (Wildman–Crippen MR) is 77.4 cm³/mol. The van der Waals surface area contributed by atoms with E-state index in [9.17, 15) is 5.11 Å². The van der Waals surface area contributed by atoms with Gasteiger partial charge in [0.25, 0.3) is 0 Å². The van der Waals surface area contributed by atoms with Crippen LogP contribution in [0.3, 0.4) is 0 Å². The van der Waals surface area contributed by atoms with E-state index in [0.717, 1.165) is 70.0 Å². The van der Waals surface area contributed by atoms with E-state index in [-0.39, 0.29) is 6.10 Å². The molecule has 2 aliphatic rings. The molecule has 20 heavy (non-hydrogen) atoms. The summed E-state index contributed by atoms with van der Waals surface area (Å²) in [5.41, 5.74) is 1.29. The van der Waals surface area contributed by atoms with Crippen LogP contribution in [0.5, 0.6) is 11.5 Å². The van der Waals surface area contributed by atoms with Gasteiger partial charge in [0, 0.05) is 26.1 Å². The molecule has 0 amide bonds. The van der Waals surface area contributed by atoms with Crippen molar-refractivity contribution in [2.75, 3.05) is 32.8 Å². The molecule has 4 nitrogen and oxygen atoms in total. The molecule has 0 bridgehead atoms. The Morgan fingerprint density at radius 1 is 1.10 bits per heavy atom. The van der Waals surface area contributed by atoms with Gasteiger partial charge in [-0.3, -0.25) is 0 Å². The van der Waals surface area contributed by atoms with E-state index in [1.807, 2.05) is 6.07 Å². The molecule has 1 saturated heterocycles.